The summed E-state index contributed by atoms with van der Waals surface area (Å²) in [6.07, 6.45) is -2.58. The summed E-state index contributed by atoms with van der Waals surface area (Å²) in [4.78, 5) is 13.5. The number of hydrogen-bond acceptors (Lipinski definition) is 5. The largest absolute Gasteiger partial charge is 0.417 e. The molecule has 0 aliphatic carbocycles. The second kappa shape index (κ2) is 6.61. The van der Waals surface area contributed by atoms with Crippen LogP contribution in [0.3, 0.4) is 0 Å². The Labute approximate surface area is 132 Å². The summed E-state index contributed by atoms with van der Waals surface area (Å²) in [6, 6.07) is 6.25. The molecule has 0 radical (unpaired) electrons. The predicted molar refractivity (Wildman–Crippen MR) is 78.6 cm³/mol. The van der Waals surface area contributed by atoms with E-state index in [1.54, 1.807) is 0 Å². The number of hydrazone groups is 1. The van der Waals surface area contributed by atoms with Crippen molar-refractivity contribution in [2.45, 2.75) is 6.18 Å². The number of rotatable bonds is 4. The first-order chi connectivity index (χ1) is 10.8. The van der Waals surface area contributed by atoms with Crippen molar-refractivity contribution in [3.63, 3.8) is 0 Å². The third kappa shape index (κ3) is 4.39. The zero-order valence-corrected chi connectivity index (χ0v) is 12.0. The van der Waals surface area contributed by atoms with Crippen LogP contribution in [0.5, 0.6) is 0 Å². The smallest absolute Gasteiger partial charge is 0.260 e. The number of anilines is 1. The number of aromatic nitrogens is 1. The van der Waals surface area contributed by atoms with E-state index in [9.17, 15) is 23.3 Å². The zero-order valence-electron chi connectivity index (χ0n) is 11.2. The third-order valence-electron chi connectivity index (χ3n) is 2.66. The number of non-ortho nitro benzene ring substituents is 1. The molecule has 0 saturated heterocycles. The topological polar surface area (TPSA) is 80.4 Å². The van der Waals surface area contributed by atoms with Crippen molar-refractivity contribution in [3.8, 4) is 0 Å². The SMILES string of the molecule is O=[N+]([O-])c1ccc(/C=N\Nc2ncc(C(F)(F)F)cc2Cl)cc1. The number of benzene rings is 1. The summed E-state index contributed by atoms with van der Waals surface area (Å²) < 4.78 is 37.4. The zero-order chi connectivity index (χ0) is 17.0. The van der Waals surface area contributed by atoms with Gasteiger partial charge in [0.05, 0.1) is 21.7 Å². The number of nitrogens with one attached hydrogen (secondary N) is 1. The van der Waals surface area contributed by atoms with E-state index >= 15 is 0 Å². The van der Waals surface area contributed by atoms with E-state index in [-0.39, 0.29) is 16.5 Å². The van der Waals surface area contributed by atoms with Crippen molar-refractivity contribution in [3.05, 3.63) is 62.8 Å². The van der Waals surface area contributed by atoms with Crippen LogP contribution in [0.1, 0.15) is 11.1 Å². The molecule has 2 aromatic rings. The number of pyridine rings is 1. The van der Waals surface area contributed by atoms with Gasteiger partial charge in [-0.05, 0) is 23.8 Å². The first-order valence-corrected chi connectivity index (χ1v) is 6.41. The van der Waals surface area contributed by atoms with Gasteiger partial charge in [0, 0.05) is 18.3 Å². The Kier molecular flexibility index (Phi) is 4.80. The highest BCUT2D eigenvalue weighted by Crippen LogP contribution is 2.32. The minimum absolute atomic E-state index is 0.0437. The normalized spacial score (nSPS) is 11.7. The maximum Gasteiger partial charge on any atom is 0.417 e. The Bertz CT molecular complexity index is 748. The number of nitrogens with zero attached hydrogens (tertiary/aromatic N) is 3. The maximum absolute atomic E-state index is 12.5. The number of alkyl halides is 3. The van der Waals surface area contributed by atoms with Gasteiger partial charge in [0.1, 0.15) is 0 Å². The van der Waals surface area contributed by atoms with E-state index in [1.165, 1.54) is 30.5 Å². The van der Waals surface area contributed by atoms with Crippen LogP contribution in [0.2, 0.25) is 5.02 Å². The third-order valence-corrected chi connectivity index (χ3v) is 2.94. The monoisotopic (exact) mass is 344 g/mol. The van der Waals surface area contributed by atoms with Crippen molar-refractivity contribution in [2.75, 3.05) is 5.43 Å². The predicted octanol–water partition coefficient (Wildman–Crippen LogP) is 4.11. The van der Waals surface area contributed by atoms with Crippen LogP contribution in [-0.2, 0) is 6.18 Å². The minimum atomic E-state index is -4.53. The highest BCUT2D eigenvalue weighted by Gasteiger charge is 2.31. The van der Waals surface area contributed by atoms with Crippen molar-refractivity contribution in [1.82, 2.24) is 4.98 Å². The average Bonchev–Trinajstić information content (AvgIpc) is 2.48. The molecular weight excluding hydrogens is 337 g/mol. The molecule has 0 amide bonds. The molecule has 0 spiro atoms. The molecule has 0 aliphatic rings. The lowest BCUT2D eigenvalue weighted by atomic mass is 10.2. The van der Waals surface area contributed by atoms with E-state index in [0.29, 0.717) is 11.8 Å². The first-order valence-electron chi connectivity index (χ1n) is 6.03. The quantitative estimate of drug-likeness (QED) is 0.514. The van der Waals surface area contributed by atoms with E-state index in [4.69, 9.17) is 11.6 Å². The summed E-state index contributed by atoms with van der Waals surface area (Å²) in [5.74, 6) is -0.0437. The molecule has 0 aliphatic heterocycles. The lowest BCUT2D eigenvalue weighted by Gasteiger charge is -2.08. The average molecular weight is 345 g/mol. The van der Waals surface area contributed by atoms with Gasteiger partial charge in [-0.1, -0.05) is 11.6 Å². The van der Waals surface area contributed by atoms with Crippen LogP contribution in [0.4, 0.5) is 24.7 Å². The molecule has 0 fully saturated rings. The van der Waals surface area contributed by atoms with Gasteiger partial charge in [0.15, 0.2) is 5.82 Å². The van der Waals surface area contributed by atoms with Crippen molar-refractivity contribution >= 4 is 29.3 Å². The first kappa shape index (κ1) is 16.7. The van der Waals surface area contributed by atoms with Gasteiger partial charge in [0.25, 0.3) is 5.69 Å². The molecule has 2 rings (SSSR count). The molecule has 10 heteroatoms. The summed E-state index contributed by atoms with van der Waals surface area (Å²) in [5, 5.41) is 14.0. The molecule has 0 unspecified atom stereocenters. The van der Waals surface area contributed by atoms with Crippen LogP contribution in [0.15, 0.2) is 41.6 Å². The Morgan fingerprint density at radius 1 is 1.30 bits per heavy atom. The summed E-state index contributed by atoms with van der Waals surface area (Å²) >= 11 is 5.70. The van der Waals surface area contributed by atoms with E-state index in [2.05, 4.69) is 15.5 Å². The van der Waals surface area contributed by atoms with E-state index in [1.807, 2.05) is 0 Å². The lowest BCUT2D eigenvalue weighted by Crippen LogP contribution is -2.06. The lowest BCUT2D eigenvalue weighted by molar-refractivity contribution is -0.384. The molecule has 0 saturated carbocycles. The minimum Gasteiger partial charge on any atom is -0.260 e. The Morgan fingerprint density at radius 2 is 1.96 bits per heavy atom. The van der Waals surface area contributed by atoms with Gasteiger partial charge in [-0.2, -0.15) is 18.3 Å². The van der Waals surface area contributed by atoms with Crippen LogP contribution in [0.25, 0.3) is 0 Å². The molecule has 23 heavy (non-hydrogen) atoms. The molecule has 1 aromatic heterocycles. The van der Waals surface area contributed by atoms with E-state index < -0.39 is 16.7 Å². The summed E-state index contributed by atoms with van der Waals surface area (Å²) in [7, 11) is 0. The second-order valence-electron chi connectivity index (χ2n) is 4.27. The van der Waals surface area contributed by atoms with Gasteiger partial charge < -0.3 is 0 Å². The van der Waals surface area contributed by atoms with Gasteiger partial charge in [0.2, 0.25) is 0 Å². The maximum atomic E-state index is 12.5. The number of nitro benzene ring substituents is 1. The molecule has 6 nitrogen and oxygen atoms in total. The fourth-order valence-corrected chi connectivity index (χ4v) is 1.73. The Balaban J connectivity index is 2.07. The number of nitro groups is 1. The van der Waals surface area contributed by atoms with Gasteiger partial charge in [-0.3, -0.25) is 15.5 Å². The highest BCUT2D eigenvalue weighted by atomic mass is 35.5. The number of hydrogen-bond donors (Lipinski definition) is 1. The van der Waals surface area contributed by atoms with Gasteiger partial charge in [-0.25, -0.2) is 4.98 Å². The molecule has 1 N–H and O–H groups in total. The molecule has 1 heterocycles. The Hall–Kier alpha value is -2.68. The summed E-state index contributed by atoms with van der Waals surface area (Å²) in [6.45, 7) is 0. The van der Waals surface area contributed by atoms with Gasteiger partial charge >= 0.3 is 6.18 Å². The molecular formula is C13H8ClF3N4O2. The van der Waals surface area contributed by atoms with Crippen LogP contribution < -0.4 is 5.43 Å². The van der Waals surface area contributed by atoms with Crippen LogP contribution >= 0.6 is 11.6 Å². The van der Waals surface area contributed by atoms with Crippen LogP contribution in [-0.4, -0.2) is 16.1 Å². The molecule has 120 valence electrons. The molecule has 0 atom stereocenters. The van der Waals surface area contributed by atoms with Crippen LogP contribution in [0, 0.1) is 10.1 Å². The molecule has 1 aromatic carbocycles. The van der Waals surface area contributed by atoms with Crippen molar-refractivity contribution < 1.29 is 18.1 Å². The van der Waals surface area contributed by atoms with E-state index in [0.717, 1.165) is 6.07 Å². The fraction of sp³-hybridized carbons (Fsp3) is 0.0769. The fourth-order valence-electron chi connectivity index (χ4n) is 1.53. The standard InChI is InChI=1S/C13H8ClF3N4O2/c14-11-5-9(13(15,16)17)7-18-12(11)20-19-6-8-1-3-10(4-2-8)21(22)23/h1-7H,(H,18,20)/b19-6-. The summed E-state index contributed by atoms with van der Waals surface area (Å²) in [5.41, 5.74) is 1.92. The Morgan fingerprint density at radius 3 is 2.48 bits per heavy atom. The second-order valence-corrected chi connectivity index (χ2v) is 4.68. The number of halogens is 4. The van der Waals surface area contributed by atoms with Gasteiger partial charge in [-0.15, -0.1) is 0 Å². The van der Waals surface area contributed by atoms with Crippen molar-refractivity contribution in [2.24, 2.45) is 5.10 Å². The van der Waals surface area contributed by atoms with Crippen molar-refractivity contribution in [1.29, 1.82) is 0 Å². The molecule has 0 bridgehead atoms. The highest BCUT2D eigenvalue weighted by molar-refractivity contribution is 6.32.